The summed E-state index contributed by atoms with van der Waals surface area (Å²) in [5.41, 5.74) is 1.01. The van der Waals surface area contributed by atoms with Crippen molar-refractivity contribution in [3.63, 3.8) is 0 Å². The van der Waals surface area contributed by atoms with Gasteiger partial charge in [0.15, 0.2) is 11.6 Å². The fourth-order valence-corrected chi connectivity index (χ4v) is 1.45. The van der Waals surface area contributed by atoms with Crippen LogP contribution in [0.25, 0.3) is 0 Å². The van der Waals surface area contributed by atoms with E-state index in [1.807, 2.05) is 28.2 Å². The molecule has 0 aliphatic carbocycles. The topological polar surface area (TPSA) is 40.6 Å². The van der Waals surface area contributed by atoms with Gasteiger partial charge < -0.3 is 9.80 Å². The molecule has 0 heterocycles. The minimum atomic E-state index is -0.120. The molecule has 0 radical (unpaired) electrons. The summed E-state index contributed by atoms with van der Waals surface area (Å²) < 4.78 is 0. The molecule has 1 aromatic rings. The van der Waals surface area contributed by atoms with E-state index in [2.05, 4.69) is 0 Å². The van der Waals surface area contributed by atoms with E-state index in [1.54, 1.807) is 46.5 Å². The van der Waals surface area contributed by atoms with E-state index < -0.39 is 0 Å². The van der Waals surface area contributed by atoms with Crippen molar-refractivity contribution >= 4 is 11.6 Å². The van der Waals surface area contributed by atoms with Crippen LogP contribution in [0.2, 0.25) is 0 Å². The molecule has 1 rings (SSSR count). The molecule has 20 heavy (non-hydrogen) atoms. The quantitative estimate of drug-likeness (QED) is 0.588. The van der Waals surface area contributed by atoms with E-state index >= 15 is 0 Å². The molecule has 1 aromatic carbocycles. The summed E-state index contributed by atoms with van der Waals surface area (Å²) in [5, 5.41) is 0. The van der Waals surface area contributed by atoms with Crippen LogP contribution in [0, 0.1) is 0 Å². The Kier molecular flexibility index (Phi) is 5.72. The van der Waals surface area contributed by atoms with Crippen LogP contribution in [0.3, 0.4) is 0 Å². The first-order chi connectivity index (χ1) is 9.40. The van der Waals surface area contributed by atoms with E-state index in [1.165, 1.54) is 12.2 Å². The van der Waals surface area contributed by atoms with Crippen LogP contribution >= 0.6 is 0 Å². The number of nitrogens with zero attached hydrogens (tertiary/aromatic N) is 2. The minimum Gasteiger partial charge on any atom is -0.383 e. The van der Waals surface area contributed by atoms with Gasteiger partial charge in [0, 0.05) is 63.9 Å². The third kappa shape index (κ3) is 5.10. The highest BCUT2D eigenvalue weighted by Crippen LogP contribution is 2.08. The zero-order valence-electron chi connectivity index (χ0n) is 12.3. The average molecular weight is 272 g/mol. The lowest BCUT2D eigenvalue weighted by molar-refractivity contribution is 0.104. The molecule has 0 fully saturated rings. The number of rotatable bonds is 6. The first kappa shape index (κ1) is 15.7. The number of hydrogen-bond acceptors (Lipinski definition) is 4. The van der Waals surface area contributed by atoms with Crippen LogP contribution in [0.1, 0.15) is 20.7 Å². The monoisotopic (exact) mass is 272 g/mol. The number of allylic oxidation sites excluding steroid dienone is 2. The van der Waals surface area contributed by atoms with Crippen molar-refractivity contribution in [2.75, 3.05) is 28.2 Å². The summed E-state index contributed by atoms with van der Waals surface area (Å²) in [7, 11) is 7.37. The first-order valence-electron chi connectivity index (χ1n) is 6.28. The fraction of sp³-hybridized carbons (Fsp3) is 0.250. The zero-order chi connectivity index (χ0) is 15.1. The van der Waals surface area contributed by atoms with Gasteiger partial charge in [-0.1, -0.05) is 18.2 Å². The highest BCUT2D eigenvalue weighted by atomic mass is 16.1. The molecule has 0 atom stereocenters. The second kappa shape index (κ2) is 7.28. The molecule has 0 aliphatic rings. The smallest absolute Gasteiger partial charge is 0.187 e. The fourth-order valence-electron chi connectivity index (χ4n) is 1.45. The third-order valence-corrected chi connectivity index (χ3v) is 2.48. The maximum atomic E-state index is 11.9. The molecule has 0 aliphatic heterocycles. The highest BCUT2D eigenvalue weighted by Gasteiger charge is 2.06. The highest BCUT2D eigenvalue weighted by molar-refractivity contribution is 6.09. The van der Waals surface area contributed by atoms with Gasteiger partial charge in [-0.05, 0) is 6.07 Å². The molecule has 0 amide bonds. The molecule has 0 saturated carbocycles. The zero-order valence-corrected chi connectivity index (χ0v) is 12.3. The normalized spacial score (nSPS) is 11.0. The standard InChI is InChI=1S/C16H20N2O2/c1-17(2)10-8-15(19)13-6-5-7-14(12-13)16(20)9-11-18(3)4/h5-12H,1-4H3. The number of ketones is 2. The summed E-state index contributed by atoms with van der Waals surface area (Å²) in [6.07, 6.45) is 6.34. The van der Waals surface area contributed by atoms with Gasteiger partial charge in [0.2, 0.25) is 0 Å². The van der Waals surface area contributed by atoms with Crippen molar-refractivity contribution < 1.29 is 9.59 Å². The van der Waals surface area contributed by atoms with Gasteiger partial charge >= 0.3 is 0 Å². The molecule has 4 heteroatoms. The first-order valence-corrected chi connectivity index (χ1v) is 6.28. The molecule has 0 N–H and O–H groups in total. The van der Waals surface area contributed by atoms with Gasteiger partial charge in [0.1, 0.15) is 0 Å². The van der Waals surface area contributed by atoms with Crippen LogP contribution in [-0.4, -0.2) is 49.6 Å². The Morgan fingerprint density at radius 1 is 0.850 bits per heavy atom. The second-order valence-electron chi connectivity index (χ2n) is 4.87. The maximum absolute atomic E-state index is 11.9. The minimum absolute atomic E-state index is 0.120. The van der Waals surface area contributed by atoms with Crippen molar-refractivity contribution in [3.05, 3.63) is 59.9 Å². The summed E-state index contributed by atoms with van der Waals surface area (Å²) >= 11 is 0. The summed E-state index contributed by atoms with van der Waals surface area (Å²) in [6.45, 7) is 0. The molecule has 106 valence electrons. The van der Waals surface area contributed by atoms with Crippen LogP contribution in [0.15, 0.2) is 48.8 Å². The number of carbonyl (C=O) groups excluding carboxylic acids is 2. The molecule has 0 aromatic heterocycles. The second-order valence-corrected chi connectivity index (χ2v) is 4.87. The van der Waals surface area contributed by atoms with E-state index in [0.29, 0.717) is 11.1 Å². The molecule has 0 bridgehead atoms. The van der Waals surface area contributed by atoms with Crippen molar-refractivity contribution in [2.24, 2.45) is 0 Å². The Morgan fingerprint density at radius 3 is 1.60 bits per heavy atom. The average Bonchev–Trinajstić information content (AvgIpc) is 2.42. The Hall–Kier alpha value is -2.36. The van der Waals surface area contributed by atoms with Gasteiger partial charge in [-0.15, -0.1) is 0 Å². The Balaban J connectivity index is 2.91. The van der Waals surface area contributed by atoms with Crippen LogP contribution in [-0.2, 0) is 0 Å². The number of benzene rings is 1. The lowest BCUT2D eigenvalue weighted by Crippen LogP contribution is -2.05. The van der Waals surface area contributed by atoms with E-state index in [-0.39, 0.29) is 11.6 Å². The van der Waals surface area contributed by atoms with Crippen molar-refractivity contribution in [3.8, 4) is 0 Å². The Bertz CT molecular complexity index is 498. The largest absolute Gasteiger partial charge is 0.383 e. The van der Waals surface area contributed by atoms with Crippen LogP contribution < -0.4 is 0 Å². The molecule has 0 unspecified atom stereocenters. The van der Waals surface area contributed by atoms with Gasteiger partial charge in [0.05, 0.1) is 0 Å². The number of hydrogen-bond donors (Lipinski definition) is 0. The van der Waals surface area contributed by atoms with Crippen molar-refractivity contribution in [1.29, 1.82) is 0 Å². The Morgan fingerprint density at radius 2 is 1.25 bits per heavy atom. The lowest BCUT2D eigenvalue weighted by atomic mass is 10.0. The lowest BCUT2D eigenvalue weighted by Gasteiger charge is -2.04. The third-order valence-electron chi connectivity index (χ3n) is 2.48. The molecular formula is C16H20N2O2. The molecule has 4 nitrogen and oxygen atoms in total. The molecule has 0 spiro atoms. The Labute approximate surface area is 120 Å². The van der Waals surface area contributed by atoms with Crippen molar-refractivity contribution in [1.82, 2.24) is 9.80 Å². The SMILES string of the molecule is CN(C)C=CC(=O)c1cccc(C(=O)C=CN(C)C)c1. The maximum Gasteiger partial charge on any atom is 0.187 e. The van der Waals surface area contributed by atoms with Crippen molar-refractivity contribution in [2.45, 2.75) is 0 Å². The van der Waals surface area contributed by atoms with E-state index in [4.69, 9.17) is 0 Å². The predicted octanol–water partition coefficient (Wildman–Crippen LogP) is 2.20. The van der Waals surface area contributed by atoms with Gasteiger partial charge in [-0.25, -0.2) is 0 Å². The van der Waals surface area contributed by atoms with Gasteiger partial charge in [-0.3, -0.25) is 9.59 Å². The van der Waals surface area contributed by atoms with E-state index in [0.717, 1.165) is 0 Å². The molecule has 0 saturated heterocycles. The predicted molar refractivity (Wildman–Crippen MR) is 80.8 cm³/mol. The van der Waals surface area contributed by atoms with Gasteiger partial charge in [0.25, 0.3) is 0 Å². The summed E-state index contributed by atoms with van der Waals surface area (Å²) in [5.74, 6) is -0.241. The van der Waals surface area contributed by atoms with Gasteiger partial charge in [-0.2, -0.15) is 0 Å². The van der Waals surface area contributed by atoms with Crippen LogP contribution in [0.4, 0.5) is 0 Å². The summed E-state index contributed by atoms with van der Waals surface area (Å²) in [6, 6.07) is 6.74. The van der Waals surface area contributed by atoms with E-state index in [9.17, 15) is 9.59 Å². The summed E-state index contributed by atoms with van der Waals surface area (Å²) in [4.78, 5) is 27.4. The molecular weight excluding hydrogens is 252 g/mol. The van der Waals surface area contributed by atoms with Crippen LogP contribution in [0.5, 0.6) is 0 Å². The number of carbonyl (C=O) groups is 2.